The SMILES string of the molecule is CCOC(=O)OCCCc1ccc(O)cc1. The molecular formula is C12H16O4. The molecule has 0 fully saturated rings. The van der Waals surface area contributed by atoms with Crippen molar-refractivity contribution in [2.45, 2.75) is 19.8 Å². The summed E-state index contributed by atoms with van der Waals surface area (Å²) in [4.78, 5) is 10.8. The van der Waals surface area contributed by atoms with E-state index in [-0.39, 0.29) is 5.75 Å². The Bertz CT molecular complexity index is 318. The molecule has 0 saturated heterocycles. The van der Waals surface area contributed by atoms with E-state index in [9.17, 15) is 4.79 Å². The molecule has 16 heavy (non-hydrogen) atoms. The maximum atomic E-state index is 10.8. The summed E-state index contributed by atoms with van der Waals surface area (Å²) in [5, 5.41) is 9.07. The van der Waals surface area contributed by atoms with E-state index >= 15 is 0 Å². The standard InChI is InChI=1S/C12H16O4/c1-2-15-12(14)16-9-3-4-10-5-7-11(13)8-6-10/h5-8,13H,2-4,9H2,1H3. The van der Waals surface area contributed by atoms with Gasteiger partial charge in [-0.25, -0.2) is 4.79 Å². The van der Waals surface area contributed by atoms with Crippen LogP contribution in [-0.2, 0) is 15.9 Å². The Balaban J connectivity index is 2.16. The first-order valence-electron chi connectivity index (χ1n) is 5.30. The van der Waals surface area contributed by atoms with E-state index in [1.54, 1.807) is 19.1 Å². The molecule has 0 heterocycles. The lowest BCUT2D eigenvalue weighted by molar-refractivity contribution is 0.0584. The Hall–Kier alpha value is -1.71. The Morgan fingerprint density at radius 3 is 2.56 bits per heavy atom. The topological polar surface area (TPSA) is 55.8 Å². The number of aryl methyl sites for hydroxylation is 1. The third kappa shape index (κ3) is 4.68. The number of carbonyl (C=O) groups is 1. The molecule has 0 aromatic heterocycles. The average molecular weight is 224 g/mol. The van der Waals surface area contributed by atoms with Crippen molar-refractivity contribution in [2.75, 3.05) is 13.2 Å². The minimum Gasteiger partial charge on any atom is -0.508 e. The van der Waals surface area contributed by atoms with E-state index in [0.717, 1.165) is 18.4 Å². The van der Waals surface area contributed by atoms with Gasteiger partial charge in [0.05, 0.1) is 13.2 Å². The zero-order valence-corrected chi connectivity index (χ0v) is 9.31. The van der Waals surface area contributed by atoms with Gasteiger partial charge in [-0.15, -0.1) is 0 Å². The lowest BCUT2D eigenvalue weighted by atomic mass is 10.1. The lowest BCUT2D eigenvalue weighted by Gasteiger charge is -2.04. The largest absolute Gasteiger partial charge is 0.508 e. The molecule has 0 aliphatic carbocycles. The van der Waals surface area contributed by atoms with Crippen LogP contribution in [0.25, 0.3) is 0 Å². The molecule has 88 valence electrons. The van der Waals surface area contributed by atoms with Crippen LogP contribution in [-0.4, -0.2) is 24.5 Å². The minimum atomic E-state index is -0.617. The molecular weight excluding hydrogens is 208 g/mol. The molecule has 0 saturated carbocycles. The molecule has 4 nitrogen and oxygen atoms in total. The second-order valence-corrected chi connectivity index (χ2v) is 3.30. The number of phenols is 1. The molecule has 0 amide bonds. The van der Waals surface area contributed by atoms with Crippen molar-refractivity contribution in [1.82, 2.24) is 0 Å². The lowest BCUT2D eigenvalue weighted by Crippen LogP contribution is -2.08. The summed E-state index contributed by atoms with van der Waals surface area (Å²) >= 11 is 0. The van der Waals surface area contributed by atoms with Crippen LogP contribution in [0.15, 0.2) is 24.3 Å². The zero-order valence-electron chi connectivity index (χ0n) is 9.31. The minimum absolute atomic E-state index is 0.256. The van der Waals surface area contributed by atoms with E-state index in [1.807, 2.05) is 12.1 Å². The van der Waals surface area contributed by atoms with Crippen molar-refractivity contribution >= 4 is 6.16 Å². The highest BCUT2D eigenvalue weighted by Crippen LogP contribution is 2.11. The first-order valence-corrected chi connectivity index (χ1v) is 5.30. The maximum Gasteiger partial charge on any atom is 0.508 e. The van der Waals surface area contributed by atoms with Gasteiger partial charge in [0.1, 0.15) is 5.75 Å². The van der Waals surface area contributed by atoms with E-state index in [2.05, 4.69) is 4.74 Å². The molecule has 0 unspecified atom stereocenters. The van der Waals surface area contributed by atoms with Crippen molar-refractivity contribution in [3.8, 4) is 5.75 Å². The van der Waals surface area contributed by atoms with E-state index in [0.29, 0.717) is 13.2 Å². The fourth-order valence-corrected chi connectivity index (χ4v) is 1.25. The number of rotatable bonds is 5. The summed E-state index contributed by atoms with van der Waals surface area (Å²) in [5.41, 5.74) is 1.10. The molecule has 0 spiro atoms. The van der Waals surface area contributed by atoms with E-state index in [1.165, 1.54) is 0 Å². The number of hydrogen-bond donors (Lipinski definition) is 1. The van der Waals surface area contributed by atoms with Gasteiger partial charge in [0.2, 0.25) is 0 Å². The number of ether oxygens (including phenoxy) is 2. The highest BCUT2D eigenvalue weighted by molar-refractivity contribution is 5.59. The van der Waals surface area contributed by atoms with Crippen LogP contribution in [0.1, 0.15) is 18.9 Å². The van der Waals surface area contributed by atoms with Crippen LogP contribution in [0.4, 0.5) is 4.79 Å². The van der Waals surface area contributed by atoms with Crippen LogP contribution >= 0.6 is 0 Å². The van der Waals surface area contributed by atoms with Crippen molar-refractivity contribution in [1.29, 1.82) is 0 Å². The van der Waals surface area contributed by atoms with E-state index < -0.39 is 6.16 Å². The number of aromatic hydroxyl groups is 1. The summed E-state index contributed by atoms with van der Waals surface area (Å²) in [6, 6.07) is 6.97. The second-order valence-electron chi connectivity index (χ2n) is 3.30. The van der Waals surface area contributed by atoms with Gasteiger partial charge in [0.15, 0.2) is 0 Å². The predicted octanol–water partition coefficient (Wildman–Crippen LogP) is 2.50. The first-order chi connectivity index (χ1) is 7.72. The Morgan fingerprint density at radius 2 is 1.94 bits per heavy atom. The molecule has 0 radical (unpaired) electrons. The first kappa shape index (κ1) is 12.4. The molecule has 0 bridgehead atoms. The molecule has 0 aliphatic heterocycles. The molecule has 1 rings (SSSR count). The second kappa shape index (κ2) is 6.71. The maximum absolute atomic E-state index is 10.8. The highest BCUT2D eigenvalue weighted by atomic mass is 16.7. The smallest absolute Gasteiger partial charge is 0.508 e. The average Bonchev–Trinajstić information content (AvgIpc) is 2.27. The normalized spacial score (nSPS) is 9.81. The van der Waals surface area contributed by atoms with Crippen LogP contribution in [0.5, 0.6) is 5.75 Å². The van der Waals surface area contributed by atoms with Gasteiger partial charge in [0, 0.05) is 0 Å². The van der Waals surface area contributed by atoms with Crippen molar-refractivity contribution < 1.29 is 19.4 Å². The molecule has 1 N–H and O–H groups in total. The number of carbonyl (C=O) groups excluding carboxylic acids is 1. The highest BCUT2D eigenvalue weighted by Gasteiger charge is 2.01. The fourth-order valence-electron chi connectivity index (χ4n) is 1.25. The van der Waals surface area contributed by atoms with Crippen molar-refractivity contribution in [2.24, 2.45) is 0 Å². The van der Waals surface area contributed by atoms with Crippen LogP contribution in [0.2, 0.25) is 0 Å². The monoisotopic (exact) mass is 224 g/mol. The zero-order chi connectivity index (χ0) is 11.8. The molecule has 1 aromatic carbocycles. The predicted molar refractivity (Wildman–Crippen MR) is 59.4 cm³/mol. The molecule has 1 aromatic rings. The molecule has 0 atom stereocenters. The van der Waals surface area contributed by atoms with Crippen molar-refractivity contribution in [3.05, 3.63) is 29.8 Å². The Morgan fingerprint density at radius 1 is 1.25 bits per heavy atom. The van der Waals surface area contributed by atoms with Crippen molar-refractivity contribution in [3.63, 3.8) is 0 Å². The Labute approximate surface area is 94.8 Å². The molecule has 4 heteroatoms. The third-order valence-corrected chi connectivity index (χ3v) is 2.03. The van der Waals surface area contributed by atoms with Crippen LogP contribution in [0, 0.1) is 0 Å². The van der Waals surface area contributed by atoms with Gasteiger partial charge in [-0.3, -0.25) is 0 Å². The van der Waals surface area contributed by atoms with Gasteiger partial charge in [0.25, 0.3) is 0 Å². The summed E-state index contributed by atoms with van der Waals surface area (Å²) in [6.07, 6.45) is 0.928. The third-order valence-electron chi connectivity index (χ3n) is 2.03. The fraction of sp³-hybridized carbons (Fsp3) is 0.417. The Kier molecular flexibility index (Phi) is 5.19. The summed E-state index contributed by atoms with van der Waals surface area (Å²) in [5.74, 6) is 0.256. The van der Waals surface area contributed by atoms with Gasteiger partial charge in [-0.05, 0) is 37.5 Å². The quantitative estimate of drug-likeness (QED) is 0.616. The van der Waals surface area contributed by atoms with E-state index in [4.69, 9.17) is 9.84 Å². The van der Waals surface area contributed by atoms with Gasteiger partial charge >= 0.3 is 6.16 Å². The summed E-state index contributed by atoms with van der Waals surface area (Å²) in [7, 11) is 0. The number of phenolic OH excluding ortho intramolecular Hbond substituents is 1. The van der Waals surface area contributed by atoms with Gasteiger partial charge in [-0.1, -0.05) is 12.1 Å². The number of benzene rings is 1. The number of hydrogen-bond acceptors (Lipinski definition) is 4. The van der Waals surface area contributed by atoms with Gasteiger partial charge < -0.3 is 14.6 Å². The summed E-state index contributed by atoms with van der Waals surface area (Å²) in [6.45, 7) is 2.41. The van der Waals surface area contributed by atoms with Gasteiger partial charge in [-0.2, -0.15) is 0 Å². The molecule has 0 aliphatic rings. The van der Waals surface area contributed by atoms with Crippen LogP contribution < -0.4 is 0 Å². The summed E-state index contributed by atoms with van der Waals surface area (Å²) < 4.78 is 9.43. The van der Waals surface area contributed by atoms with Crippen LogP contribution in [0.3, 0.4) is 0 Å².